The Kier molecular flexibility index (Phi) is 3.75. The number of imide groups is 1. The summed E-state index contributed by atoms with van der Waals surface area (Å²) in [4.78, 5) is 26.0. The fourth-order valence-electron chi connectivity index (χ4n) is 2.90. The summed E-state index contributed by atoms with van der Waals surface area (Å²) in [5.74, 6) is -1.25. The summed E-state index contributed by atoms with van der Waals surface area (Å²) < 4.78 is 13.0. The molecule has 1 heterocycles. The van der Waals surface area contributed by atoms with Gasteiger partial charge in [0.05, 0.1) is 11.6 Å². The van der Waals surface area contributed by atoms with Gasteiger partial charge in [0.1, 0.15) is 5.82 Å². The van der Waals surface area contributed by atoms with Crippen molar-refractivity contribution >= 4 is 17.5 Å². The molecule has 0 spiro atoms. The zero-order valence-corrected chi connectivity index (χ0v) is 12.2. The van der Waals surface area contributed by atoms with Crippen LogP contribution in [0.1, 0.15) is 24.8 Å². The highest BCUT2D eigenvalue weighted by molar-refractivity contribution is 6.21. The number of benzene rings is 2. The van der Waals surface area contributed by atoms with Crippen molar-refractivity contribution < 1.29 is 14.0 Å². The largest absolute Gasteiger partial charge is 0.274 e. The molecule has 2 amide bonds. The van der Waals surface area contributed by atoms with Crippen LogP contribution in [-0.2, 0) is 9.59 Å². The first kappa shape index (κ1) is 14.4. The van der Waals surface area contributed by atoms with Gasteiger partial charge in [-0.2, -0.15) is 0 Å². The minimum atomic E-state index is -0.392. The Hall–Kier alpha value is -2.49. The number of hydrogen-bond donors (Lipinski definition) is 0. The van der Waals surface area contributed by atoms with Crippen LogP contribution in [0.15, 0.2) is 54.6 Å². The van der Waals surface area contributed by atoms with Gasteiger partial charge in [-0.25, -0.2) is 4.39 Å². The molecule has 0 radical (unpaired) electrons. The van der Waals surface area contributed by atoms with Gasteiger partial charge >= 0.3 is 0 Å². The standard InChI is InChI=1S/C18H16FNO2/c1-12(13-5-3-2-4-6-13)16-11-17(21)20(18(16)22)15-9-7-14(19)8-10-15/h2-10,12,16H,11H2,1H3/t12-,16+/m0/s1. The molecular formula is C18H16FNO2. The average Bonchev–Trinajstić information content (AvgIpc) is 2.83. The molecule has 2 aromatic carbocycles. The van der Waals surface area contributed by atoms with Crippen molar-refractivity contribution in [1.29, 1.82) is 0 Å². The van der Waals surface area contributed by atoms with Crippen molar-refractivity contribution in [2.45, 2.75) is 19.3 Å². The predicted octanol–water partition coefficient (Wildman–Crippen LogP) is 3.51. The molecule has 3 rings (SSSR count). The Morgan fingerprint density at radius 2 is 1.68 bits per heavy atom. The van der Waals surface area contributed by atoms with Gasteiger partial charge in [0.25, 0.3) is 0 Å². The van der Waals surface area contributed by atoms with Crippen molar-refractivity contribution in [1.82, 2.24) is 0 Å². The first-order valence-electron chi connectivity index (χ1n) is 7.25. The van der Waals surface area contributed by atoms with Gasteiger partial charge in [0, 0.05) is 6.42 Å². The lowest BCUT2D eigenvalue weighted by Gasteiger charge is -2.19. The molecule has 0 bridgehead atoms. The number of carbonyl (C=O) groups is 2. The molecule has 0 aromatic heterocycles. The molecule has 1 fully saturated rings. The van der Waals surface area contributed by atoms with Crippen LogP contribution in [0.25, 0.3) is 0 Å². The van der Waals surface area contributed by atoms with E-state index in [-0.39, 0.29) is 30.1 Å². The molecule has 1 aliphatic heterocycles. The maximum atomic E-state index is 13.0. The third-order valence-electron chi connectivity index (χ3n) is 4.20. The fraction of sp³-hybridized carbons (Fsp3) is 0.222. The van der Waals surface area contributed by atoms with Crippen molar-refractivity contribution in [3.05, 3.63) is 66.0 Å². The Morgan fingerprint density at radius 3 is 2.32 bits per heavy atom. The van der Waals surface area contributed by atoms with Gasteiger partial charge < -0.3 is 0 Å². The summed E-state index contributed by atoms with van der Waals surface area (Å²) >= 11 is 0. The van der Waals surface area contributed by atoms with Crippen molar-refractivity contribution in [2.75, 3.05) is 4.90 Å². The van der Waals surface area contributed by atoms with E-state index in [1.165, 1.54) is 29.2 Å². The molecule has 4 heteroatoms. The van der Waals surface area contributed by atoms with Crippen LogP contribution in [-0.4, -0.2) is 11.8 Å². The van der Waals surface area contributed by atoms with E-state index in [0.29, 0.717) is 5.69 Å². The smallest absolute Gasteiger partial charge is 0.237 e. The summed E-state index contributed by atoms with van der Waals surface area (Å²) in [6.45, 7) is 1.96. The van der Waals surface area contributed by atoms with Crippen LogP contribution >= 0.6 is 0 Å². The highest BCUT2D eigenvalue weighted by Crippen LogP contribution is 2.35. The van der Waals surface area contributed by atoms with Crippen LogP contribution in [0.5, 0.6) is 0 Å². The van der Waals surface area contributed by atoms with Crippen molar-refractivity contribution in [2.24, 2.45) is 5.92 Å². The monoisotopic (exact) mass is 297 g/mol. The second kappa shape index (κ2) is 5.72. The number of amides is 2. The lowest BCUT2D eigenvalue weighted by molar-refractivity contribution is -0.122. The lowest BCUT2D eigenvalue weighted by atomic mass is 9.86. The van der Waals surface area contributed by atoms with E-state index in [0.717, 1.165) is 5.56 Å². The minimum Gasteiger partial charge on any atom is -0.274 e. The van der Waals surface area contributed by atoms with E-state index in [1.807, 2.05) is 37.3 Å². The van der Waals surface area contributed by atoms with Gasteiger partial charge in [0.15, 0.2) is 0 Å². The van der Waals surface area contributed by atoms with Crippen LogP contribution in [0.3, 0.4) is 0 Å². The van der Waals surface area contributed by atoms with E-state index in [2.05, 4.69) is 0 Å². The molecule has 0 unspecified atom stereocenters. The zero-order chi connectivity index (χ0) is 15.7. The summed E-state index contributed by atoms with van der Waals surface area (Å²) in [7, 11) is 0. The third kappa shape index (κ3) is 2.52. The van der Waals surface area contributed by atoms with Crippen LogP contribution in [0.2, 0.25) is 0 Å². The first-order valence-corrected chi connectivity index (χ1v) is 7.25. The maximum absolute atomic E-state index is 13.0. The van der Waals surface area contributed by atoms with Gasteiger partial charge in [-0.3, -0.25) is 14.5 Å². The van der Waals surface area contributed by atoms with Crippen LogP contribution in [0.4, 0.5) is 10.1 Å². The third-order valence-corrected chi connectivity index (χ3v) is 4.20. The molecule has 2 atom stereocenters. The molecular weight excluding hydrogens is 281 g/mol. The number of carbonyl (C=O) groups excluding carboxylic acids is 2. The molecule has 1 aliphatic rings. The Bertz CT molecular complexity index is 697. The van der Waals surface area contributed by atoms with Crippen LogP contribution < -0.4 is 4.90 Å². The van der Waals surface area contributed by atoms with Gasteiger partial charge in [-0.05, 0) is 35.7 Å². The fourth-order valence-corrected chi connectivity index (χ4v) is 2.90. The average molecular weight is 297 g/mol. The second-order valence-electron chi connectivity index (χ2n) is 5.55. The number of halogens is 1. The predicted molar refractivity (Wildman–Crippen MR) is 81.9 cm³/mol. The zero-order valence-electron chi connectivity index (χ0n) is 12.2. The maximum Gasteiger partial charge on any atom is 0.237 e. The molecule has 112 valence electrons. The van der Waals surface area contributed by atoms with Crippen LogP contribution in [0, 0.1) is 11.7 Å². The van der Waals surface area contributed by atoms with Gasteiger partial charge in [-0.1, -0.05) is 37.3 Å². The lowest BCUT2D eigenvalue weighted by Crippen LogP contribution is -2.31. The van der Waals surface area contributed by atoms with E-state index in [1.54, 1.807) is 0 Å². The normalized spacial score (nSPS) is 19.5. The summed E-state index contributed by atoms with van der Waals surface area (Å²) in [6, 6.07) is 15.1. The highest BCUT2D eigenvalue weighted by atomic mass is 19.1. The SMILES string of the molecule is C[C@@H](c1ccccc1)[C@H]1CC(=O)N(c2ccc(F)cc2)C1=O. The number of rotatable bonds is 3. The van der Waals surface area contributed by atoms with Crippen molar-refractivity contribution in [3.63, 3.8) is 0 Å². The van der Waals surface area contributed by atoms with E-state index >= 15 is 0 Å². The Balaban J connectivity index is 1.87. The number of nitrogens with zero attached hydrogens (tertiary/aromatic N) is 1. The second-order valence-corrected chi connectivity index (χ2v) is 5.55. The first-order chi connectivity index (χ1) is 10.6. The number of anilines is 1. The molecule has 0 saturated carbocycles. The van der Waals surface area contributed by atoms with E-state index in [4.69, 9.17) is 0 Å². The highest BCUT2D eigenvalue weighted by Gasteiger charge is 2.42. The minimum absolute atomic E-state index is 0.0388. The van der Waals surface area contributed by atoms with Gasteiger partial charge in [-0.15, -0.1) is 0 Å². The quantitative estimate of drug-likeness (QED) is 0.813. The van der Waals surface area contributed by atoms with E-state index in [9.17, 15) is 14.0 Å². The summed E-state index contributed by atoms with van der Waals surface area (Å²) in [5.41, 5.74) is 1.47. The molecule has 3 nitrogen and oxygen atoms in total. The summed E-state index contributed by atoms with van der Waals surface area (Å²) in [6.07, 6.45) is 0.187. The number of hydrogen-bond acceptors (Lipinski definition) is 2. The van der Waals surface area contributed by atoms with Gasteiger partial charge in [0.2, 0.25) is 11.8 Å². The molecule has 0 aliphatic carbocycles. The summed E-state index contributed by atoms with van der Waals surface area (Å²) in [5, 5.41) is 0. The molecule has 0 N–H and O–H groups in total. The molecule has 1 saturated heterocycles. The molecule has 2 aromatic rings. The molecule has 22 heavy (non-hydrogen) atoms. The van der Waals surface area contributed by atoms with Crippen molar-refractivity contribution in [3.8, 4) is 0 Å². The Morgan fingerprint density at radius 1 is 1.05 bits per heavy atom. The topological polar surface area (TPSA) is 37.4 Å². The van der Waals surface area contributed by atoms with E-state index < -0.39 is 5.82 Å². The Labute approximate surface area is 128 Å².